The molecule has 302 valence electrons. The summed E-state index contributed by atoms with van der Waals surface area (Å²) in [5, 5.41) is 7.42. The fourth-order valence-corrected chi connectivity index (χ4v) is 10.5. The summed E-state index contributed by atoms with van der Waals surface area (Å²) in [7, 11) is 0. The van der Waals surface area contributed by atoms with Crippen LogP contribution < -0.4 is 4.90 Å². The molecule has 64 heavy (non-hydrogen) atoms. The van der Waals surface area contributed by atoms with Gasteiger partial charge >= 0.3 is 0 Å². The number of hydrogen-bond acceptors (Lipinski definition) is 1. The largest absolute Gasteiger partial charge is 0.326 e. The molecule has 10 aromatic carbocycles. The summed E-state index contributed by atoms with van der Waals surface area (Å²) in [5.74, 6) is 0. The molecule has 1 aliphatic carbocycles. The Bertz CT molecular complexity index is 3560. The first kappa shape index (κ1) is 37.6. The molecule has 0 N–H and O–H groups in total. The van der Waals surface area contributed by atoms with Gasteiger partial charge in [0.25, 0.3) is 0 Å². The highest BCUT2D eigenvalue weighted by Crippen LogP contribution is 2.55. The zero-order valence-electron chi connectivity index (χ0n) is 35.4. The fraction of sp³-hybridized carbons (Fsp3) is 0.0323. The van der Waals surface area contributed by atoms with Gasteiger partial charge in [-0.15, -0.1) is 0 Å². The van der Waals surface area contributed by atoms with Crippen molar-refractivity contribution in [3.05, 3.63) is 266 Å². The fourth-order valence-electron chi connectivity index (χ4n) is 10.5. The molecule has 0 saturated carbocycles. The summed E-state index contributed by atoms with van der Waals surface area (Å²) in [4.78, 5) is 2.67. The highest BCUT2D eigenvalue weighted by Gasteiger charge is 2.46. The lowest BCUT2D eigenvalue weighted by atomic mass is 9.70. The van der Waals surface area contributed by atoms with Crippen LogP contribution in [-0.4, -0.2) is 4.57 Å². The number of aromatic nitrogens is 1. The van der Waals surface area contributed by atoms with Crippen molar-refractivity contribution in [2.75, 3.05) is 4.90 Å². The topological polar surface area (TPSA) is 8.17 Å². The van der Waals surface area contributed by atoms with E-state index >= 15 is 0 Å². The van der Waals surface area contributed by atoms with Crippen LogP contribution in [-0.2, 0) is 5.54 Å². The van der Waals surface area contributed by atoms with Crippen molar-refractivity contribution in [2.24, 2.45) is 0 Å². The second-order valence-corrected chi connectivity index (χ2v) is 16.8. The van der Waals surface area contributed by atoms with Gasteiger partial charge in [0.1, 0.15) is 5.54 Å². The van der Waals surface area contributed by atoms with Crippen LogP contribution in [0.15, 0.2) is 255 Å². The lowest BCUT2D eigenvalue weighted by Gasteiger charge is -2.49. The van der Waals surface area contributed by atoms with Crippen LogP contribution in [0.4, 0.5) is 11.4 Å². The molecule has 0 radical (unpaired) electrons. The molecule has 0 saturated heterocycles. The number of rotatable bonds is 8. The molecule has 1 aromatic heterocycles. The molecule has 1 aliphatic rings. The Kier molecular flexibility index (Phi) is 9.16. The van der Waals surface area contributed by atoms with E-state index in [-0.39, 0.29) is 0 Å². The zero-order chi connectivity index (χ0) is 42.5. The predicted octanol–water partition coefficient (Wildman–Crippen LogP) is 16.5. The van der Waals surface area contributed by atoms with Crippen molar-refractivity contribution in [3.63, 3.8) is 0 Å². The van der Waals surface area contributed by atoms with E-state index in [2.05, 4.69) is 264 Å². The quantitative estimate of drug-likeness (QED) is 0.139. The van der Waals surface area contributed by atoms with Crippen LogP contribution in [0, 0.1) is 0 Å². The van der Waals surface area contributed by atoms with Crippen LogP contribution in [0.1, 0.15) is 17.5 Å². The summed E-state index contributed by atoms with van der Waals surface area (Å²) in [5.41, 5.74) is 13.6. The monoisotopic (exact) mass is 816 g/mol. The first-order valence-electron chi connectivity index (χ1n) is 22.2. The Morgan fingerprint density at radius 1 is 0.406 bits per heavy atom. The van der Waals surface area contributed by atoms with Gasteiger partial charge < -0.3 is 9.47 Å². The molecule has 11 aromatic rings. The van der Waals surface area contributed by atoms with Gasteiger partial charge in [0.15, 0.2) is 0 Å². The average Bonchev–Trinajstić information content (AvgIpc) is 3.71. The van der Waals surface area contributed by atoms with Gasteiger partial charge in [-0.05, 0) is 104 Å². The van der Waals surface area contributed by atoms with Crippen LogP contribution in [0.25, 0.3) is 76.9 Å². The van der Waals surface area contributed by atoms with Gasteiger partial charge in [-0.3, -0.25) is 0 Å². The second kappa shape index (κ2) is 15.6. The molecular weight excluding hydrogens is 773 g/mol. The summed E-state index contributed by atoms with van der Waals surface area (Å²) in [6.07, 6.45) is 7.71. The number of hydrogen-bond donors (Lipinski definition) is 0. The molecule has 0 aliphatic heterocycles. The van der Waals surface area contributed by atoms with Gasteiger partial charge in [-0.2, -0.15) is 0 Å². The number of allylic oxidation sites excluding steroid dienone is 2. The van der Waals surface area contributed by atoms with E-state index in [1.807, 2.05) is 0 Å². The van der Waals surface area contributed by atoms with E-state index < -0.39 is 5.54 Å². The first-order valence-corrected chi connectivity index (χ1v) is 22.2. The Labute approximate surface area is 373 Å². The number of para-hydroxylation sites is 2. The molecular formula is C62H44N2. The molecule has 0 bridgehead atoms. The lowest BCUT2D eigenvalue weighted by Crippen LogP contribution is -2.45. The SMILES string of the molecule is C1=CCC(c2ccccc2-c2ccccc2)(N(c2ccc(-c3ccc4c5ccccc5n(-c5ccccc5)c4c3)cc2)c2cc3ccccc3c3ccccc23)C(c2ccccc2)=C1. The lowest BCUT2D eigenvalue weighted by molar-refractivity contribution is 0.569. The molecule has 2 nitrogen and oxygen atoms in total. The minimum atomic E-state index is -0.676. The molecule has 0 spiro atoms. The van der Waals surface area contributed by atoms with E-state index in [1.165, 1.54) is 82.3 Å². The number of nitrogens with zero attached hydrogens (tertiary/aromatic N) is 2. The Balaban J connectivity index is 1.13. The highest BCUT2D eigenvalue weighted by molar-refractivity contribution is 6.15. The van der Waals surface area contributed by atoms with E-state index in [0.717, 1.165) is 23.5 Å². The maximum atomic E-state index is 2.67. The minimum Gasteiger partial charge on any atom is -0.326 e. The molecule has 0 amide bonds. The summed E-state index contributed by atoms with van der Waals surface area (Å²) >= 11 is 0. The van der Waals surface area contributed by atoms with Crippen LogP contribution in [0.5, 0.6) is 0 Å². The number of fused-ring (bicyclic) bond motifs is 6. The molecule has 1 unspecified atom stereocenters. The maximum absolute atomic E-state index is 2.67. The van der Waals surface area contributed by atoms with Crippen LogP contribution in [0.2, 0.25) is 0 Å². The van der Waals surface area contributed by atoms with Crippen molar-refractivity contribution in [1.29, 1.82) is 0 Å². The van der Waals surface area contributed by atoms with Crippen LogP contribution >= 0.6 is 0 Å². The summed E-state index contributed by atoms with van der Waals surface area (Å²) in [6, 6.07) is 86.9. The van der Waals surface area contributed by atoms with Gasteiger partial charge in [-0.25, -0.2) is 0 Å². The van der Waals surface area contributed by atoms with E-state index in [4.69, 9.17) is 0 Å². The summed E-state index contributed by atoms with van der Waals surface area (Å²) < 4.78 is 2.40. The Morgan fingerprint density at radius 2 is 1.00 bits per heavy atom. The Hall–Kier alpha value is -8.20. The third-order valence-electron chi connectivity index (χ3n) is 13.3. The van der Waals surface area contributed by atoms with Gasteiger partial charge in [0.2, 0.25) is 0 Å². The smallest absolute Gasteiger partial charge is 0.100 e. The first-order chi connectivity index (χ1) is 31.8. The molecule has 0 fully saturated rings. The number of benzene rings is 10. The van der Waals surface area contributed by atoms with E-state index in [0.29, 0.717) is 0 Å². The van der Waals surface area contributed by atoms with E-state index in [9.17, 15) is 0 Å². The normalized spacial score (nSPS) is 14.9. The zero-order valence-corrected chi connectivity index (χ0v) is 35.4. The maximum Gasteiger partial charge on any atom is 0.100 e. The third-order valence-corrected chi connectivity index (χ3v) is 13.3. The van der Waals surface area contributed by atoms with E-state index in [1.54, 1.807) is 0 Å². The molecule has 12 rings (SSSR count). The molecule has 1 heterocycles. The minimum absolute atomic E-state index is 0.676. The van der Waals surface area contributed by atoms with Crippen molar-refractivity contribution < 1.29 is 0 Å². The third kappa shape index (κ3) is 6.10. The van der Waals surface area contributed by atoms with Crippen molar-refractivity contribution in [1.82, 2.24) is 4.57 Å². The van der Waals surface area contributed by atoms with Crippen LogP contribution in [0.3, 0.4) is 0 Å². The second-order valence-electron chi connectivity index (χ2n) is 16.8. The van der Waals surface area contributed by atoms with Crippen molar-refractivity contribution in [2.45, 2.75) is 12.0 Å². The highest BCUT2D eigenvalue weighted by atomic mass is 15.2. The Morgan fingerprint density at radius 3 is 1.78 bits per heavy atom. The molecule has 1 atom stereocenters. The molecule has 2 heteroatoms. The van der Waals surface area contributed by atoms with Gasteiger partial charge in [0.05, 0.1) is 16.7 Å². The van der Waals surface area contributed by atoms with Crippen molar-refractivity contribution in [3.8, 4) is 27.9 Å². The number of anilines is 2. The van der Waals surface area contributed by atoms with Gasteiger partial charge in [0, 0.05) is 27.5 Å². The van der Waals surface area contributed by atoms with Gasteiger partial charge in [-0.1, -0.05) is 212 Å². The standard InChI is InChI=1S/C62H44N2/c1-4-20-45(21-5-1)52-28-14-16-33-58(52)62(41-19-18-32-57(62)46-22-6-2-7-23-46)64(61-43-48-24-10-11-27-51(48)53-29-12-13-30-54(53)61)50-38-35-44(36-39-50)47-37-40-56-55-31-15-17-34-59(55)63(60(56)42-47)49-25-8-3-9-26-49/h1-40,42-43H,41H2. The van der Waals surface area contributed by atoms with Crippen molar-refractivity contribution >= 4 is 60.3 Å². The predicted molar refractivity (Wildman–Crippen MR) is 272 cm³/mol. The summed E-state index contributed by atoms with van der Waals surface area (Å²) in [6.45, 7) is 0. The average molecular weight is 817 g/mol.